The van der Waals surface area contributed by atoms with Gasteiger partial charge in [0.1, 0.15) is 11.7 Å². The average molecular weight is 438 g/mol. The van der Waals surface area contributed by atoms with Crippen LogP contribution in [0, 0.1) is 12.7 Å². The molecule has 0 unspecified atom stereocenters. The number of alkyl halides is 1. The number of benzene rings is 1. The van der Waals surface area contributed by atoms with Crippen LogP contribution in [0.3, 0.4) is 0 Å². The third-order valence-corrected chi connectivity index (χ3v) is 6.45. The summed E-state index contributed by atoms with van der Waals surface area (Å²) in [5.41, 5.74) is 1.97. The molecule has 2 amide bonds. The Balaban J connectivity index is 1.60. The number of carbonyl (C=O) groups excluding carboxylic acids is 2. The van der Waals surface area contributed by atoms with Gasteiger partial charge in [0.05, 0.1) is 11.0 Å². The highest BCUT2D eigenvalue weighted by molar-refractivity contribution is 7.09. The van der Waals surface area contributed by atoms with Crippen molar-refractivity contribution in [3.05, 3.63) is 51.7 Å². The Bertz CT molecular complexity index is 843. The van der Waals surface area contributed by atoms with E-state index in [1.165, 1.54) is 12.1 Å². The molecule has 156 valence electrons. The van der Waals surface area contributed by atoms with E-state index >= 15 is 0 Å². The van der Waals surface area contributed by atoms with Gasteiger partial charge in [0.2, 0.25) is 11.8 Å². The Morgan fingerprint density at radius 1 is 1.34 bits per heavy atom. The Morgan fingerprint density at radius 2 is 2.10 bits per heavy atom. The highest BCUT2D eigenvalue weighted by Crippen LogP contribution is 2.29. The van der Waals surface area contributed by atoms with E-state index in [4.69, 9.17) is 11.6 Å². The number of carbonyl (C=O) groups is 2. The zero-order valence-corrected chi connectivity index (χ0v) is 17.9. The number of piperidine rings is 1. The Hall–Kier alpha value is -1.99. The molecule has 3 rings (SSSR count). The lowest BCUT2D eigenvalue weighted by molar-refractivity contribution is -0.133. The minimum Gasteiger partial charge on any atom is -0.350 e. The van der Waals surface area contributed by atoms with Gasteiger partial charge in [-0.05, 0) is 43.9 Å². The summed E-state index contributed by atoms with van der Waals surface area (Å²) < 4.78 is 13.3. The number of nitrogens with one attached hydrogen (secondary N) is 1. The van der Waals surface area contributed by atoms with Crippen molar-refractivity contribution in [2.24, 2.45) is 0 Å². The topological polar surface area (TPSA) is 62.3 Å². The predicted molar refractivity (Wildman–Crippen MR) is 113 cm³/mol. The predicted octanol–water partition coefficient (Wildman–Crippen LogP) is 3.65. The molecule has 2 atom stereocenters. The van der Waals surface area contributed by atoms with Gasteiger partial charge in [-0.15, -0.1) is 22.9 Å². The average Bonchev–Trinajstić information content (AvgIpc) is 3.13. The van der Waals surface area contributed by atoms with Crippen molar-refractivity contribution in [1.82, 2.24) is 15.2 Å². The molecule has 0 spiro atoms. The van der Waals surface area contributed by atoms with Crippen LogP contribution in [0.2, 0.25) is 0 Å². The maximum absolute atomic E-state index is 13.3. The molecular formula is C21H25ClFN3O2S. The molecule has 1 aromatic carbocycles. The molecule has 5 nitrogen and oxygen atoms in total. The van der Waals surface area contributed by atoms with E-state index in [1.54, 1.807) is 23.5 Å². The van der Waals surface area contributed by atoms with Crippen LogP contribution in [0.25, 0.3) is 0 Å². The standard InChI is InChI=1S/C21H25ClFN3O2S/c1-14-13-29-20(24-14)3-2-4-21(28)26-10-9-17(15-5-7-16(23)8-6-15)18(12-26)25-19(27)11-22/h5-8,13,17-18H,2-4,9-12H2,1H3,(H,25,27)/t17-,18+/m1/s1. The van der Waals surface area contributed by atoms with E-state index < -0.39 is 0 Å². The molecule has 0 radical (unpaired) electrons. The van der Waals surface area contributed by atoms with E-state index in [0.717, 1.165) is 29.1 Å². The number of hydrogen-bond donors (Lipinski definition) is 1. The minimum atomic E-state index is -0.293. The zero-order chi connectivity index (χ0) is 20.8. The van der Waals surface area contributed by atoms with Crippen molar-refractivity contribution >= 4 is 34.8 Å². The number of halogens is 2. The van der Waals surface area contributed by atoms with Gasteiger partial charge in [0.15, 0.2) is 0 Å². The Morgan fingerprint density at radius 3 is 2.76 bits per heavy atom. The molecule has 2 aromatic rings. The molecule has 0 bridgehead atoms. The fourth-order valence-electron chi connectivity index (χ4n) is 3.75. The number of thiazole rings is 1. The van der Waals surface area contributed by atoms with Gasteiger partial charge >= 0.3 is 0 Å². The van der Waals surface area contributed by atoms with E-state index in [-0.39, 0.29) is 35.5 Å². The lowest BCUT2D eigenvalue weighted by Crippen LogP contribution is -2.53. The van der Waals surface area contributed by atoms with Gasteiger partial charge in [-0.3, -0.25) is 9.59 Å². The molecule has 29 heavy (non-hydrogen) atoms. The lowest BCUT2D eigenvalue weighted by Gasteiger charge is -2.39. The highest BCUT2D eigenvalue weighted by atomic mass is 35.5. The lowest BCUT2D eigenvalue weighted by atomic mass is 9.85. The van der Waals surface area contributed by atoms with E-state index in [0.29, 0.717) is 25.9 Å². The Labute approximate surface area is 179 Å². The van der Waals surface area contributed by atoms with E-state index in [9.17, 15) is 14.0 Å². The molecule has 1 saturated heterocycles. The molecule has 1 aliphatic heterocycles. The summed E-state index contributed by atoms with van der Waals surface area (Å²) in [4.78, 5) is 30.9. The number of likely N-dealkylation sites (tertiary alicyclic amines) is 1. The molecule has 1 aromatic heterocycles. The van der Waals surface area contributed by atoms with Gasteiger partial charge in [-0.1, -0.05) is 12.1 Å². The number of nitrogens with zero attached hydrogens (tertiary/aromatic N) is 2. The second-order valence-corrected chi connectivity index (χ2v) is 8.54. The van der Waals surface area contributed by atoms with Crippen LogP contribution in [0.1, 0.15) is 41.4 Å². The smallest absolute Gasteiger partial charge is 0.235 e. The van der Waals surface area contributed by atoms with Crippen molar-refractivity contribution < 1.29 is 14.0 Å². The summed E-state index contributed by atoms with van der Waals surface area (Å²) >= 11 is 7.29. The van der Waals surface area contributed by atoms with Crippen LogP contribution in [0.15, 0.2) is 29.6 Å². The van der Waals surface area contributed by atoms with Crippen molar-refractivity contribution in [1.29, 1.82) is 0 Å². The maximum Gasteiger partial charge on any atom is 0.235 e. The SMILES string of the molecule is Cc1csc(CCCC(=O)N2CC[C@H](c3ccc(F)cc3)[C@@H](NC(=O)CCl)C2)n1. The normalized spacial score (nSPS) is 19.2. The quantitative estimate of drug-likeness (QED) is 0.672. The number of hydrogen-bond acceptors (Lipinski definition) is 4. The molecule has 0 aliphatic carbocycles. The third-order valence-electron chi connectivity index (χ3n) is 5.18. The first-order valence-corrected chi connectivity index (χ1v) is 11.2. The van der Waals surface area contributed by atoms with Crippen molar-refractivity contribution in [2.75, 3.05) is 19.0 Å². The summed E-state index contributed by atoms with van der Waals surface area (Å²) in [6.45, 7) is 3.01. The van der Waals surface area contributed by atoms with Crippen molar-refractivity contribution in [3.8, 4) is 0 Å². The second kappa shape index (κ2) is 10.2. The molecule has 1 aliphatic rings. The van der Waals surface area contributed by atoms with Crippen LogP contribution in [-0.4, -0.2) is 46.7 Å². The first-order valence-electron chi connectivity index (χ1n) is 9.76. The summed E-state index contributed by atoms with van der Waals surface area (Å²) in [5.74, 6) is -0.588. The van der Waals surface area contributed by atoms with Crippen LogP contribution >= 0.6 is 22.9 Å². The fraction of sp³-hybridized carbons (Fsp3) is 0.476. The van der Waals surface area contributed by atoms with Crippen LogP contribution in [0.4, 0.5) is 4.39 Å². The second-order valence-electron chi connectivity index (χ2n) is 7.33. The van der Waals surface area contributed by atoms with Gasteiger partial charge in [0, 0.05) is 36.5 Å². The van der Waals surface area contributed by atoms with Crippen molar-refractivity contribution in [2.45, 2.75) is 44.6 Å². The van der Waals surface area contributed by atoms with Gasteiger partial charge in [0.25, 0.3) is 0 Å². The first kappa shape index (κ1) is 21.7. The monoisotopic (exact) mass is 437 g/mol. The molecular weight excluding hydrogens is 413 g/mol. The highest BCUT2D eigenvalue weighted by Gasteiger charge is 2.33. The number of aryl methyl sites for hydroxylation is 2. The van der Waals surface area contributed by atoms with Crippen LogP contribution < -0.4 is 5.32 Å². The van der Waals surface area contributed by atoms with E-state index in [2.05, 4.69) is 10.3 Å². The zero-order valence-electron chi connectivity index (χ0n) is 16.4. The fourth-order valence-corrected chi connectivity index (χ4v) is 4.64. The molecule has 2 heterocycles. The summed E-state index contributed by atoms with van der Waals surface area (Å²) in [7, 11) is 0. The Kier molecular flexibility index (Phi) is 7.61. The third kappa shape index (κ3) is 6.00. The number of amides is 2. The maximum atomic E-state index is 13.3. The number of aromatic nitrogens is 1. The molecule has 1 N–H and O–H groups in total. The molecule has 8 heteroatoms. The summed E-state index contributed by atoms with van der Waals surface area (Å²) in [6, 6.07) is 6.09. The molecule has 0 saturated carbocycles. The summed E-state index contributed by atoms with van der Waals surface area (Å²) in [5, 5.41) is 6.00. The minimum absolute atomic E-state index is 0.0186. The van der Waals surface area contributed by atoms with Gasteiger partial charge in [-0.25, -0.2) is 9.37 Å². The van der Waals surface area contributed by atoms with E-state index in [1.807, 2.05) is 17.2 Å². The van der Waals surface area contributed by atoms with Crippen LogP contribution in [0.5, 0.6) is 0 Å². The molecule has 1 fully saturated rings. The van der Waals surface area contributed by atoms with Crippen molar-refractivity contribution in [3.63, 3.8) is 0 Å². The van der Waals surface area contributed by atoms with Gasteiger partial charge < -0.3 is 10.2 Å². The number of rotatable bonds is 7. The summed E-state index contributed by atoms with van der Waals surface area (Å²) in [6.07, 6.45) is 2.71. The van der Waals surface area contributed by atoms with Gasteiger partial charge in [-0.2, -0.15) is 0 Å². The first-order chi connectivity index (χ1) is 14.0. The largest absolute Gasteiger partial charge is 0.350 e. The van der Waals surface area contributed by atoms with Crippen LogP contribution in [-0.2, 0) is 16.0 Å².